The Balaban J connectivity index is 2.73. The van der Waals surface area contributed by atoms with E-state index in [-0.39, 0.29) is 5.97 Å². The predicted molar refractivity (Wildman–Crippen MR) is 92.3 cm³/mol. The lowest BCUT2D eigenvalue weighted by molar-refractivity contribution is -0.139. The Labute approximate surface area is 139 Å². The number of hydrogen-bond acceptors (Lipinski definition) is 4. The molecule has 0 aliphatic carbocycles. The Morgan fingerprint density at radius 3 is 2.39 bits per heavy atom. The van der Waals surface area contributed by atoms with Crippen LogP contribution in [0.2, 0.25) is 0 Å². The molecular formula is C19H28O4. The van der Waals surface area contributed by atoms with Gasteiger partial charge in [0.25, 0.3) is 0 Å². The van der Waals surface area contributed by atoms with Crippen LogP contribution in [0.15, 0.2) is 23.8 Å². The van der Waals surface area contributed by atoms with Crippen LogP contribution in [0.25, 0.3) is 0 Å². The van der Waals surface area contributed by atoms with Gasteiger partial charge in [0, 0.05) is 12.5 Å². The normalized spacial score (nSPS) is 12.7. The summed E-state index contributed by atoms with van der Waals surface area (Å²) in [5, 5.41) is 0. The van der Waals surface area contributed by atoms with E-state index in [1.54, 1.807) is 14.2 Å². The number of allylic oxidation sites excluding steroid dienone is 1. The van der Waals surface area contributed by atoms with E-state index < -0.39 is 0 Å². The largest absolute Gasteiger partial charge is 0.493 e. The van der Waals surface area contributed by atoms with E-state index in [9.17, 15) is 4.79 Å². The zero-order valence-corrected chi connectivity index (χ0v) is 15.1. The first-order valence-corrected chi connectivity index (χ1v) is 7.91. The Morgan fingerprint density at radius 2 is 1.83 bits per heavy atom. The quantitative estimate of drug-likeness (QED) is 0.526. The average Bonchev–Trinajstić information content (AvgIpc) is 2.52. The number of methoxy groups -OCH3 is 2. The summed E-state index contributed by atoms with van der Waals surface area (Å²) in [5.41, 5.74) is 3.29. The summed E-state index contributed by atoms with van der Waals surface area (Å²) < 4.78 is 16.0. The molecule has 1 atom stereocenters. The molecule has 0 amide bonds. The minimum Gasteiger partial charge on any atom is -0.493 e. The second-order valence-corrected chi connectivity index (χ2v) is 5.85. The fourth-order valence-corrected chi connectivity index (χ4v) is 2.54. The maximum absolute atomic E-state index is 10.8. The first-order chi connectivity index (χ1) is 10.9. The van der Waals surface area contributed by atoms with Crippen molar-refractivity contribution >= 4 is 5.97 Å². The Morgan fingerprint density at radius 1 is 1.17 bits per heavy atom. The van der Waals surface area contributed by atoms with E-state index in [0.29, 0.717) is 12.5 Å². The van der Waals surface area contributed by atoms with Crippen molar-refractivity contribution in [3.05, 3.63) is 34.9 Å². The Hall–Kier alpha value is -1.97. The summed E-state index contributed by atoms with van der Waals surface area (Å²) in [6.45, 7) is 7.96. The van der Waals surface area contributed by atoms with Crippen molar-refractivity contribution in [1.29, 1.82) is 0 Å². The number of ether oxygens (including phenoxy) is 3. The van der Waals surface area contributed by atoms with Crippen LogP contribution in [0.5, 0.6) is 11.5 Å². The van der Waals surface area contributed by atoms with Crippen LogP contribution in [-0.4, -0.2) is 26.8 Å². The van der Waals surface area contributed by atoms with Crippen LogP contribution in [-0.2, 0) is 9.53 Å². The molecule has 4 nitrogen and oxygen atoms in total. The van der Waals surface area contributed by atoms with Crippen LogP contribution >= 0.6 is 0 Å². The lowest BCUT2D eigenvalue weighted by Crippen LogP contribution is -2.02. The highest BCUT2D eigenvalue weighted by Crippen LogP contribution is 2.39. The maximum Gasteiger partial charge on any atom is 0.302 e. The predicted octanol–water partition coefficient (Wildman–Crippen LogP) is 4.41. The van der Waals surface area contributed by atoms with E-state index in [1.165, 1.54) is 6.92 Å². The molecule has 0 radical (unpaired) electrons. The molecule has 0 bridgehead atoms. The van der Waals surface area contributed by atoms with Gasteiger partial charge in [-0.3, -0.25) is 4.79 Å². The van der Waals surface area contributed by atoms with Crippen LogP contribution in [0.4, 0.5) is 0 Å². The highest BCUT2D eigenvalue weighted by atomic mass is 16.5. The van der Waals surface area contributed by atoms with Gasteiger partial charge in [0.1, 0.15) is 6.61 Å². The molecular weight excluding hydrogens is 292 g/mol. The van der Waals surface area contributed by atoms with Gasteiger partial charge in [-0.15, -0.1) is 0 Å². The first kappa shape index (κ1) is 19.1. The van der Waals surface area contributed by atoms with Crippen molar-refractivity contribution in [2.24, 2.45) is 0 Å². The molecule has 0 saturated heterocycles. The van der Waals surface area contributed by atoms with Crippen molar-refractivity contribution in [3.8, 4) is 11.5 Å². The number of benzene rings is 1. The van der Waals surface area contributed by atoms with Crippen LogP contribution in [0.1, 0.15) is 50.7 Å². The summed E-state index contributed by atoms with van der Waals surface area (Å²) in [7, 11) is 3.34. The third-order valence-corrected chi connectivity index (χ3v) is 3.87. The van der Waals surface area contributed by atoms with Gasteiger partial charge in [0.15, 0.2) is 11.5 Å². The Kier molecular flexibility index (Phi) is 7.66. The summed E-state index contributed by atoms with van der Waals surface area (Å²) in [5.74, 6) is 1.72. The van der Waals surface area contributed by atoms with Crippen molar-refractivity contribution in [3.63, 3.8) is 0 Å². The van der Waals surface area contributed by atoms with Crippen LogP contribution in [0.3, 0.4) is 0 Å². The number of carbonyl (C=O) groups is 1. The highest BCUT2D eigenvalue weighted by Gasteiger charge is 2.17. The van der Waals surface area contributed by atoms with Crippen molar-refractivity contribution in [1.82, 2.24) is 0 Å². The molecule has 0 aliphatic rings. The van der Waals surface area contributed by atoms with E-state index >= 15 is 0 Å². The summed E-state index contributed by atoms with van der Waals surface area (Å²) in [4.78, 5) is 10.8. The molecule has 1 aromatic carbocycles. The fraction of sp³-hybridized carbons (Fsp3) is 0.526. The number of aryl methyl sites for hydroxylation is 1. The average molecular weight is 320 g/mol. The van der Waals surface area contributed by atoms with Crippen LogP contribution < -0.4 is 9.47 Å². The van der Waals surface area contributed by atoms with Crippen LogP contribution in [0, 0.1) is 6.92 Å². The van der Waals surface area contributed by atoms with E-state index in [1.807, 2.05) is 13.8 Å². The fourth-order valence-electron chi connectivity index (χ4n) is 2.54. The first-order valence-electron chi connectivity index (χ1n) is 7.91. The molecule has 0 N–H and O–H groups in total. The molecule has 0 spiro atoms. The number of carbonyl (C=O) groups excluding carboxylic acids is 1. The third kappa shape index (κ3) is 5.62. The molecule has 0 aromatic heterocycles. The highest BCUT2D eigenvalue weighted by molar-refractivity contribution is 5.66. The van der Waals surface area contributed by atoms with Gasteiger partial charge < -0.3 is 14.2 Å². The van der Waals surface area contributed by atoms with Gasteiger partial charge >= 0.3 is 5.97 Å². The topological polar surface area (TPSA) is 44.8 Å². The van der Waals surface area contributed by atoms with E-state index in [0.717, 1.165) is 41.0 Å². The number of rotatable bonds is 8. The minimum absolute atomic E-state index is 0.248. The summed E-state index contributed by atoms with van der Waals surface area (Å²) in [6, 6.07) is 4.17. The third-order valence-electron chi connectivity index (χ3n) is 3.87. The van der Waals surface area contributed by atoms with Gasteiger partial charge in [-0.1, -0.05) is 25.1 Å². The molecule has 0 heterocycles. The van der Waals surface area contributed by atoms with Crippen molar-refractivity contribution < 1.29 is 19.0 Å². The lowest BCUT2D eigenvalue weighted by atomic mass is 9.93. The molecule has 0 aliphatic heterocycles. The van der Waals surface area contributed by atoms with Gasteiger partial charge in [0.2, 0.25) is 0 Å². The Bertz CT molecular complexity index is 561. The zero-order valence-electron chi connectivity index (χ0n) is 15.1. The molecule has 4 heteroatoms. The maximum atomic E-state index is 10.8. The van der Waals surface area contributed by atoms with Crippen molar-refractivity contribution in [2.75, 3.05) is 20.8 Å². The second kappa shape index (κ2) is 9.23. The lowest BCUT2D eigenvalue weighted by Gasteiger charge is -2.19. The molecule has 1 aromatic rings. The summed E-state index contributed by atoms with van der Waals surface area (Å²) in [6.07, 6.45) is 4.03. The minimum atomic E-state index is -0.248. The van der Waals surface area contributed by atoms with E-state index in [4.69, 9.17) is 14.2 Å². The molecule has 0 saturated carbocycles. The van der Waals surface area contributed by atoms with Gasteiger partial charge in [-0.2, -0.15) is 0 Å². The van der Waals surface area contributed by atoms with Gasteiger partial charge in [-0.25, -0.2) is 0 Å². The van der Waals surface area contributed by atoms with Gasteiger partial charge in [0.05, 0.1) is 14.2 Å². The van der Waals surface area contributed by atoms with Gasteiger partial charge in [-0.05, 0) is 43.7 Å². The SMILES string of the molecule is COc1c(C)ccc(C(C)CC/C=C(\C)COC(C)=O)c1OC. The number of hydrogen-bond donors (Lipinski definition) is 0. The van der Waals surface area contributed by atoms with Crippen molar-refractivity contribution in [2.45, 2.75) is 46.5 Å². The molecule has 23 heavy (non-hydrogen) atoms. The standard InChI is InChI=1S/C19H28O4/c1-13(12-23-16(4)20)8-7-9-14(2)17-11-10-15(3)18(21-5)19(17)22-6/h8,10-11,14H,7,9,12H2,1-6H3/b13-8+. The van der Waals surface area contributed by atoms with E-state index in [2.05, 4.69) is 25.1 Å². The zero-order chi connectivity index (χ0) is 17.4. The molecule has 1 unspecified atom stereocenters. The monoisotopic (exact) mass is 320 g/mol. The summed E-state index contributed by atoms with van der Waals surface area (Å²) >= 11 is 0. The molecule has 0 fully saturated rings. The number of esters is 1. The smallest absolute Gasteiger partial charge is 0.302 e. The second-order valence-electron chi connectivity index (χ2n) is 5.85. The molecule has 128 valence electrons. The molecule has 1 rings (SSSR count).